The van der Waals surface area contributed by atoms with Gasteiger partial charge in [0.1, 0.15) is 5.75 Å². The molecular weight excluding hydrogens is 242 g/mol. The number of rotatable bonds is 5. The molecule has 0 saturated carbocycles. The predicted octanol–water partition coefficient (Wildman–Crippen LogP) is 0.693. The largest absolute Gasteiger partial charge is 0.492 e. The number of amides is 1. The molecule has 1 aromatic rings. The van der Waals surface area contributed by atoms with Gasteiger partial charge in [-0.3, -0.25) is 9.69 Å². The van der Waals surface area contributed by atoms with Gasteiger partial charge in [-0.25, -0.2) is 0 Å². The van der Waals surface area contributed by atoms with E-state index in [1.54, 1.807) is 0 Å². The van der Waals surface area contributed by atoms with Crippen molar-refractivity contribution in [3.05, 3.63) is 24.3 Å². The van der Waals surface area contributed by atoms with Gasteiger partial charge in [0.2, 0.25) is 5.91 Å². The highest BCUT2D eigenvalue weighted by molar-refractivity contribution is 5.76. The minimum Gasteiger partial charge on any atom is -0.492 e. The SMILES string of the molecule is CCOc1ccccc1N1CCN(CC(N)=O)CC1. The third-order valence-electron chi connectivity index (χ3n) is 3.26. The summed E-state index contributed by atoms with van der Waals surface area (Å²) >= 11 is 0. The number of benzene rings is 1. The van der Waals surface area contributed by atoms with Crippen molar-refractivity contribution in [3.63, 3.8) is 0 Å². The van der Waals surface area contributed by atoms with Gasteiger partial charge in [-0.15, -0.1) is 0 Å². The van der Waals surface area contributed by atoms with Crippen LogP contribution < -0.4 is 15.4 Å². The van der Waals surface area contributed by atoms with Crippen LogP contribution >= 0.6 is 0 Å². The molecule has 2 rings (SSSR count). The minimum atomic E-state index is -0.261. The molecule has 1 aliphatic rings. The lowest BCUT2D eigenvalue weighted by atomic mass is 10.2. The summed E-state index contributed by atoms with van der Waals surface area (Å²) in [6.07, 6.45) is 0. The number of nitrogens with two attached hydrogens (primary N) is 1. The van der Waals surface area contributed by atoms with Crippen LogP contribution in [-0.2, 0) is 4.79 Å². The molecule has 0 atom stereocenters. The Kier molecular flexibility index (Phi) is 4.63. The van der Waals surface area contributed by atoms with Crippen LogP contribution in [0.1, 0.15) is 6.92 Å². The fourth-order valence-corrected chi connectivity index (χ4v) is 2.36. The maximum atomic E-state index is 10.9. The maximum absolute atomic E-state index is 10.9. The molecule has 1 fully saturated rings. The molecule has 1 heterocycles. The number of carbonyl (C=O) groups is 1. The highest BCUT2D eigenvalue weighted by Gasteiger charge is 2.20. The van der Waals surface area contributed by atoms with Crippen LogP contribution in [0.15, 0.2) is 24.3 Å². The normalized spacial score (nSPS) is 16.4. The second-order valence-corrected chi connectivity index (χ2v) is 4.63. The molecule has 5 nitrogen and oxygen atoms in total. The number of carbonyl (C=O) groups excluding carboxylic acids is 1. The Morgan fingerprint density at radius 3 is 2.58 bits per heavy atom. The Balaban J connectivity index is 1.99. The highest BCUT2D eigenvalue weighted by atomic mass is 16.5. The predicted molar refractivity (Wildman–Crippen MR) is 75.5 cm³/mol. The van der Waals surface area contributed by atoms with Crippen LogP contribution in [0.4, 0.5) is 5.69 Å². The van der Waals surface area contributed by atoms with E-state index in [2.05, 4.69) is 15.9 Å². The molecule has 1 aliphatic heterocycles. The van der Waals surface area contributed by atoms with Gasteiger partial charge in [-0.05, 0) is 19.1 Å². The second-order valence-electron chi connectivity index (χ2n) is 4.63. The average Bonchev–Trinajstić information content (AvgIpc) is 2.40. The van der Waals surface area contributed by atoms with Gasteiger partial charge in [-0.1, -0.05) is 12.1 Å². The van der Waals surface area contributed by atoms with Crippen molar-refractivity contribution in [1.29, 1.82) is 0 Å². The first kappa shape index (κ1) is 13.7. The van der Waals surface area contributed by atoms with Gasteiger partial charge >= 0.3 is 0 Å². The van der Waals surface area contributed by atoms with Gasteiger partial charge in [0, 0.05) is 26.2 Å². The quantitative estimate of drug-likeness (QED) is 0.849. The fraction of sp³-hybridized carbons (Fsp3) is 0.500. The first-order chi connectivity index (χ1) is 9.20. The van der Waals surface area contributed by atoms with Gasteiger partial charge < -0.3 is 15.4 Å². The fourth-order valence-electron chi connectivity index (χ4n) is 2.36. The number of para-hydroxylation sites is 2. The number of hydrogen-bond donors (Lipinski definition) is 1. The summed E-state index contributed by atoms with van der Waals surface area (Å²) < 4.78 is 5.65. The Hall–Kier alpha value is -1.75. The van der Waals surface area contributed by atoms with Gasteiger partial charge in [0.05, 0.1) is 18.8 Å². The summed E-state index contributed by atoms with van der Waals surface area (Å²) in [5.41, 5.74) is 6.35. The van der Waals surface area contributed by atoms with E-state index in [4.69, 9.17) is 10.5 Å². The first-order valence-corrected chi connectivity index (χ1v) is 6.68. The summed E-state index contributed by atoms with van der Waals surface area (Å²) in [6.45, 7) is 6.47. The van der Waals surface area contributed by atoms with Crippen molar-refractivity contribution in [1.82, 2.24) is 4.90 Å². The first-order valence-electron chi connectivity index (χ1n) is 6.68. The Morgan fingerprint density at radius 1 is 1.26 bits per heavy atom. The van der Waals surface area contributed by atoms with Crippen molar-refractivity contribution in [2.24, 2.45) is 5.73 Å². The molecular formula is C14H21N3O2. The van der Waals surface area contributed by atoms with E-state index in [1.807, 2.05) is 25.1 Å². The average molecular weight is 263 g/mol. The van der Waals surface area contributed by atoms with Crippen LogP contribution in [0.25, 0.3) is 0 Å². The van der Waals surface area contributed by atoms with Crippen LogP contribution in [0, 0.1) is 0 Å². The smallest absolute Gasteiger partial charge is 0.231 e. The summed E-state index contributed by atoms with van der Waals surface area (Å²) in [5.74, 6) is 0.663. The molecule has 2 N–H and O–H groups in total. The number of anilines is 1. The molecule has 0 aliphatic carbocycles. The van der Waals surface area contributed by atoms with Gasteiger partial charge in [0.25, 0.3) is 0 Å². The zero-order valence-electron chi connectivity index (χ0n) is 11.3. The van der Waals surface area contributed by atoms with Crippen molar-refractivity contribution < 1.29 is 9.53 Å². The molecule has 104 valence electrons. The number of ether oxygens (including phenoxy) is 1. The van der Waals surface area contributed by atoms with E-state index in [0.29, 0.717) is 13.2 Å². The second kappa shape index (κ2) is 6.43. The van der Waals surface area contributed by atoms with Crippen molar-refractivity contribution in [2.45, 2.75) is 6.92 Å². The topological polar surface area (TPSA) is 58.8 Å². The third kappa shape index (κ3) is 3.61. The maximum Gasteiger partial charge on any atom is 0.231 e. The standard InChI is InChI=1S/C14H21N3O2/c1-2-19-13-6-4-3-5-12(13)17-9-7-16(8-10-17)11-14(15)18/h3-6H,2,7-11H2,1H3,(H2,15,18). The number of primary amides is 1. The Bertz CT molecular complexity index is 428. The van der Waals surface area contributed by atoms with Crippen LogP contribution in [-0.4, -0.2) is 50.1 Å². The van der Waals surface area contributed by atoms with Gasteiger partial charge in [0.15, 0.2) is 0 Å². The third-order valence-corrected chi connectivity index (χ3v) is 3.26. The molecule has 0 bridgehead atoms. The molecule has 1 amide bonds. The summed E-state index contributed by atoms with van der Waals surface area (Å²) in [6, 6.07) is 8.08. The zero-order valence-corrected chi connectivity index (χ0v) is 11.3. The summed E-state index contributed by atoms with van der Waals surface area (Å²) in [4.78, 5) is 15.3. The van der Waals surface area contributed by atoms with E-state index in [-0.39, 0.29) is 5.91 Å². The van der Waals surface area contributed by atoms with Crippen LogP contribution in [0.5, 0.6) is 5.75 Å². The summed E-state index contributed by atoms with van der Waals surface area (Å²) in [7, 11) is 0. The molecule has 5 heteroatoms. The molecule has 1 saturated heterocycles. The lowest BCUT2D eigenvalue weighted by molar-refractivity contribution is -0.119. The minimum absolute atomic E-state index is 0.261. The number of nitrogens with zero attached hydrogens (tertiary/aromatic N) is 2. The van der Waals surface area contributed by atoms with Crippen LogP contribution in [0.2, 0.25) is 0 Å². The zero-order chi connectivity index (χ0) is 13.7. The van der Waals surface area contributed by atoms with E-state index in [1.165, 1.54) is 0 Å². The Labute approximate surface area is 113 Å². The molecule has 0 aromatic heterocycles. The highest BCUT2D eigenvalue weighted by Crippen LogP contribution is 2.28. The molecule has 0 spiro atoms. The lowest BCUT2D eigenvalue weighted by Gasteiger charge is -2.36. The van der Waals surface area contributed by atoms with E-state index < -0.39 is 0 Å². The van der Waals surface area contributed by atoms with Crippen molar-refractivity contribution >= 4 is 11.6 Å². The lowest BCUT2D eigenvalue weighted by Crippen LogP contribution is -2.49. The molecule has 0 radical (unpaired) electrons. The van der Waals surface area contributed by atoms with E-state index in [0.717, 1.165) is 37.6 Å². The summed E-state index contributed by atoms with van der Waals surface area (Å²) in [5, 5.41) is 0. The van der Waals surface area contributed by atoms with Crippen LogP contribution in [0.3, 0.4) is 0 Å². The van der Waals surface area contributed by atoms with Gasteiger partial charge in [-0.2, -0.15) is 0 Å². The Morgan fingerprint density at radius 2 is 1.95 bits per heavy atom. The van der Waals surface area contributed by atoms with E-state index >= 15 is 0 Å². The van der Waals surface area contributed by atoms with Crippen molar-refractivity contribution in [3.8, 4) is 5.75 Å². The molecule has 0 unspecified atom stereocenters. The number of piperazine rings is 1. The number of hydrogen-bond acceptors (Lipinski definition) is 4. The molecule has 19 heavy (non-hydrogen) atoms. The van der Waals surface area contributed by atoms with Crippen molar-refractivity contribution in [2.75, 3.05) is 44.2 Å². The van der Waals surface area contributed by atoms with E-state index in [9.17, 15) is 4.79 Å². The molecule has 1 aromatic carbocycles. The monoisotopic (exact) mass is 263 g/mol.